The Labute approximate surface area is 135 Å². The van der Waals surface area contributed by atoms with Gasteiger partial charge in [-0.05, 0) is 42.3 Å². The highest BCUT2D eigenvalue weighted by molar-refractivity contribution is 6.35. The van der Waals surface area contributed by atoms with Gasteiger partial charge in [0.15, 0.2) is 0 Å². The first kappa shape index (κ1) is 14.9. The van der Waals surface area contributed by atoms with E-state index in [9.17, 15) is 0 Å². The second kappa shape index (κ2) is 6.37. The van der Waals surface area contributed by atoms with Crippen molar-refractivity contribution < 1.29 is 0 Å². The summed E-state index contributed by atoms with van der Waals surface area (Å²) in [5, 5.41) is 4.81. The predicted octanol–water partition coefficient (Wildman–Crippen LogP) is 4.06. The molecule has 1 aliphatic rings. The highest BCUT2D eigenvalue weighted by Gasteiger charge is 2.22. The zero-order chi connectivity index (χ0) is 14.8. The maximum atomic E-state index is 6.25. The van der Waals surface area contributed by atoms with Gasteiger partial charge in [0, 0.05) is 34.1 Å². The molecule has 4 heteroatoms. The van der Waals surface area contributed by atoms with Crippen LogP contribution in [0.5, 0.6) is 0 Å². The van der Waals surface area contributed by atoms with Crippen molar-refractivity contribution in [2.75, 3.05) is 13.1 Å². The fraction of sp³-hybridized carbons (Fsp3) is 0.294. The molecule has 1 heterocycles. The molecular weight excluding hydrogens is 303 g/mol. The molecule has 3 N–H and O–H groups in total. The summed E-state index contributed by atoms with van der Waals surface area (Å²) in [6.07, 6.45) is 1.02. The van der Waals surface area contributed by atoms with Crippen LogP contribution in [0.3, 0.4) is 0 Å². The minimum Gasteiger partial charge on any atom is -0.327 e. The predicted molar refractivity (Wildman–Crippen MR) is 90.1 cm³/mol. The normalized spacial score (nSPS) is 22.2. The topological polar surface area (TPSA) is 38.0 Å². The van der Waals surface area contributed by atoms with Gasteiger partial charge in [0.25, 0.3) is 0 Å². The van der Waals surface area contributed by atoms with Gasteiger partial charge in [0.05, 0.1) is 0 Å². The van der Waals surface area contributed by atoms with E-state index in [0.717, 1.165) is 30.6 Å². The summed E-state index contributed by atoms with van der Waals surface area (Å²) in [4.78, 5) is 0. The van der Waals surface area contributed by atoms with Crippen LogP contribution in [0.1, 0.15) is 17.9 Å². The summed E-state index contributed by atoms with van der Waals surface area (Å²) in [6, 6.07) is 14.2. The van der Waals surface area contributed by atoms with Crippen LogP contribution in [-0.4, -0.2) is 19.1 Å². The molecule has 0 aliphatic carbocycles. The van der Waals surface area contributed by atoms with Crippen molar-refractivity contribution in [2.24, 2.45) is 5.73 Å². The van der Waals surface area contributed by atoms with Gasteiger partial charge in [0.1, 0.15) is 0 Å². The van der Waals surface area contributed by atoms with E-state index in [2.05, 4.69) is 29.6 Å². The Morgan fingerprint density at radius 1 is 1.05 bits per heavy atom. The van der Waals surface area contributed by atoms with Gasteiger partial charge < -0.3 is 11.1 Å². The zero-order valence-corrected chi connectivity index (χ0v) is 13.2. The van der Waals surface area contributed by atoms with Crippen LogP contribution in [-0.2, 0) is 0 Å². The van der Waals surface area contributed by atoms with Crippen molar-refractivity contribution in [3.63, 3.8) is 0 Å². The van der Waals surface area contributed by atoms with Crippen molar-refractivity contribution in [1.29, 1.82) is 0 Å². The summed E-state index contributed by atoms with van der Waals surface area (Å²) in [7, 11) is 0. The van der Waals surface area contributed by atoms with E-state index in [1.54, 1.807) is 6.07 Å². The molecule has 1 aliphatic heterocycles. The van der Waals surface area contributed by atoms with Crippen molar-refractivity contribution in [3.8, 4) is 11.1 Å². The first-order valence-electron chi connectivity index (χ1n) is 7.17. The van der Waals surface area contributed by atoms with E-state index >= 15 is 0 Å². The molecule has 1 saturated heterocycles. The van der Waals surface area contributed by atoms with Crippen LogP contribution in [0.15, 0.2) is 42.5 Å². The third kappa shape index (κ3) is 3.24. The Balaban J connectivity index is 1.88. The third-order valence-corrected chi connectivity index (χ3v) is 4.68. The van der Waals surface area contributed by atoms with Gasteiger partial charge in [-0.2, -0.15) is 0 Å². The van der Waals surface area contributed by atoms with Gasteiger partial charge in [0.2, 0.25) is 0 Å². The van der Waals surface area contributed by atoms with Crippen LogP contribution in [0.25, 0.3) is 11.1 Å². The monoisotopic (exact) mass is 320 g/mol. The van der Waals surface area contributed by atoms with E-state index in [4.69, 9.17) is 28.9 Å². The van der Waals surface area contributed by atoms with Crippen molar-refractivity contribution in [2.45, 2.75) is 18.4 Å². The molecule has 0 aromatic heterocycles. The minimum atomic E-state index is 0.229. The summed E-state index contributed by atoms with van der Waals surface area (Å²) >= 11 is 12.3. The molecule has 2 aromatic rings. The van der Waals surface area contributed by atoms with Gasteiger partial charge in [-0.25, -0.2) is 0 Å². The van der Waals surface area contributed by atoms with Crippen LogP contribution in [0.4, 0.5) is 0 Å². The Hall–Kier alpha value is -1.06. The van der Waals surface area contributed by atoms with Crippen molar-refractivity contribution >= 4 is 23.2 Å². The molecule has 0 saturated carbocycles. The second-order valence-electron chi connectivity index (χ2n) is 5.51. The molecule has 3 rings (SSSR count). The molecular formula is C17H18Cl2N2. The third-order valence-electron chi connectivity index (χ3n) is 4.11. The largest absolute Gasteiger partial charge is 0.327 e. The number of benzene rings is 2. The molecule has 0 amide bonds. The summed E-state index contributed by atoms with van der Waals surface area (Å²) in [5.74, 6) is 0.377. The molecule has 21 heavy (non-hydrogen) atoms. The van der Waals surface area contributed by atoms with Crippen LogP contribution in [0, 0.1) is 0 Å². The maximum Gasteiger partial charge on any atom is 0.0485 e. The molecule has 0 radical (unpaired) electrons. The first-order valence-corrected chi connectivity index (χ1v) is 7.92. The number of piperidine rings is 1. The Kier molecular flexibility index (Phi) is 4.51. The number of hydrogen-bond donors (Lipinski definition) is 2. The lowest BCUT2D eigenvalue weighted by Gasteiger charge is -2.29. The second-order valence-corrected chi connectivity index (χ2v) is 6.35. The zero-order valence-electron chi connectivity index (χ0n) is 11.7. The summed E-state index contributed by atoms with van der Waals surface area (Å²) < 4.78 is 0. The highest BCUT2D eigenvalue weighted by Crippen LogP contribution is 2.32. The molecule has 0 unspecified atom stereocenters. The molecule has 1 fully saturated rings. The lowest BCUT2D eigenvalue weighted by molar-refractivity contribution is 0.403. The minimum absolute atomic E-state index is 0.229. The molecule has 2 nitrogen and oxygen atoms in total. The Morgan fingerprint density at radius 3 is 2.52 bits per heavy atom. The fourth-order valence-electron chi connectivity index (χ4n) is 2.87. The van der Waals surface area contributed by atoms with Crippen molar-refractivity contribution in [1.82, 2.24) is 5.32 Å². The average Bonchev–Trinajstić information content (AvgIpc) is 2.50. The molecule has 2 aromatic carbocycles. The van der Waals surface area contributed by atoms with Gasteiger partial charge in [-0.1, -0.05) is 47.5 Å². The summed E-state index contributed by atoms with van der Waals surface area (Å²) in [6.45, 7) is 1.95. The number of nitrogens with one attached hydrogen (secondary N) is 1. The van der Waals surface area contributed by atoms with Crippen LogP contribution < -0.4 is 11.1 Å². The maximum absolute atomic E-state index is 6.25. The van der Waals surface area contributed by atoms with Gasteiger partial charge >= 0.3 is 0 Å². The lowest BCUT2D eigenvalue weighted by atomic mass is 9.87. The van der Waals surface area contributed by atoms with Gasteiger partial charge in [-0.3, -0.25) is 0 Å². The van der Waals surface area contributed by atoms with Crippen LogP contribution >= 0.6 is 23.2 Å². The highest BCUT2D eigenvalue weighted by atomic mass is 35.5. The summed E-state index contributed by atoms with van der Waals surface area (Å²) in [5.41, 5.74) is 9.53. The lowest BCUT2D eigenvalue weighted by Crippen LogP contribution is -2.43. The Bertz CT molecular complexity index is 625. The Morgan fingerprint density at radius 2 is 1.81 bits per heavy atom. The van der Waals surface area contributed by atoms with Crippen molar-refractivity contribution in [3.05, 3.63) is 58.1 Å². The number of hydrogen-bond acceptors (Lipinski definition) is 2. The van der Waals surface area contributed by atoms with Crippen LogP contribution in [0.2, 0.25) is 10.0 Å². The standard InChI is InChI=1S/C17H18Cl2N2/c18-13-5-6-16(19)14(9-13)11-1-3-12(4-2-11)15-10-21-8-7-17(15)20/h1-6,9,15,17,21H,7-8,10,20H2/t15-,17+/m0/s1. The SMILES string of the molecule is N[C@@H]1CCNC[C@H]1c1ccc(-c2cc(Cl)ccc2Cl)cc1. The number of nitrogens with two attached hydrogens (primary N) is 1. The van der Waals surface area contributed by atoms with Gasteiger partial charge in [-0.15, -0.1) is 0 Å². The molecule has 2 atom stereocenters. The fourth-order valence-corrected chi connectivity index (χ4v) is 3.27. The quantitative estimate of drug-likeness (QED) is 0.875. The first-order chi connectivity index (χ1) is 10.1. The average molecular weight is 321 g/mol. The molecule has 110 valence electrons. The number of rotatable bonds is 2. The van der Waals surface area contributed by atoms with E-state index in [1.165, 1.54) is 5.56 Å². The van der Waals surface area contributed by atoms with E-state index in [-0.39, 0.29) is 6.04 Å². The van der Waals surface area contributed by atoms with E-state index in [0.29, 0.717) is 16.0 Å². The van der Waals surface area contributed by atoms with E-state index < -0.39 is 0 Å². The van der Waals surface area contributed by atoms with E-state index in [1.807, 2.05) is 12.1 Å². The molecule has 0 spiro atoms. The molecule has 0 bridgehead atoms. The smallest absolute Gasteiger partial charge is 0.0485 e. The number of halogens is 2.